The van der Waals surface area contributed by atoms with E-state index in [2.05, 4.69) is 30.4 Å². The number of nitrogens with zero attached hydrogens (tertiary/aromatic N) is 4. The van der Waals surface area contributed by atoms with E-state index in [9.17, 15) is 9.59 Å². The number of halogens is 1. The van der Waals surface area contributed by atoms with Gasteiger partial charge in [-0.2, -0.15) is 4.98 Å². The maximum absolute atomic E-state index is 11.8. The lowest BCUT2D eigenvalue weighted by atomic mass is 10.2. The topological polar surface area (TPSA) is 135 Å². The summed E-state index contributed by atoms with van der Waals surface area (Å²) in [6.45, 7) is 0.285. The van der Waals surface area contributed by atoms with Crippen molar-refractivity contribution >= 4 is 35.2 Å². The van der Waals surface area contributed by atoms with Crippen LogP contribution < -0.4 is 10.1 Å². The molecule has 0 amide bonds. The van der Waals surface area contributed by atoms with E-state index in [0.717, 1.165) is 5.56 Å². The number of hydrogen-bond acceptors (Lipinski definition) is 9. The average molecular weight is 463 g/mol. The lowest BCUT2D eigenvalue weighted by Gasteiger charge is -2.09. The van der Waals surface area contributed by atoms with Crippen molar-refractivity contribution in [2.45, 2.75) is 6.61 Å². The lowest BCUT2D eigenvalue weighted by Crippen LogP contribution is -2.23. The minimum absolute atomic E-state index is 0.0636. The summed E-state index contributed by atoms with van der Waals surface area (Å²) in [6.07, 6.45) is 0.238. The predicted molar refractivity (Wildman–Crippen MR) is 119 cm³/mol. The van der Waals surface area contributed by atoms with Gasteiger partial charge in [0.25, 0.3) is 5.89 Å². The molecule has 1 aliphatic heterocycles. The molecule has 2 N–H and O–H groups in total. The van der Waals surface area contributed by atoms with E-state index in [1.807, 2.05) is 24.3 Å². The van der Waals surface area contributed by atoms with E-state index >= 15 is 0 Å². The van der Waals surface area contributed by atoms with E-state index in [4.69, 9.17) is 20.9 Å². The number of ketones is 1. The smallest absolute Gasteiger partial charge is 0.259 e. The minimum Gasteiger partial charge on any atom is -0.485 e. The molecule has 0 atom stereocenters. The standard InChI is InChI=1S/C22H15ClN6O4/c23-15-4-2-1-3-14(15)22-26-17(29-33-22)10-32-13-7-5-12(6-8-13)20-27-19-18(16(31)9-30)24-11-25-21(19)28-20/h1-9,25H,10-11H2,(H,27,28). The fourth-order valence-electron chi connectivity index (χ4n) is 3.25. The van der Waals surface area contributed by atoms with Crippen molar-refractivity contribution in [2.75, 3.05) is 12.0 Å². The third-order valence-corrected chi connectivity index (χ3v) is 5.16. The molecule has 164 valence electrons. The highest BCUT2D eigenvalue weighted by Gasteiger charge is 2.24. The number of carbonyl (C=O) groups is 2. The normalized spacial score (nSPS) is 12.5. The van der Waals surface area contributed by atoms with Gasteiger partial charge in [-0.15, -0.1) is 0 Å². The lowest BCUT2D eigenvalue weighted by molar-refractivity contribution is -0.125. The van der Waals surface area contributed by atoms with E-state index in [-0.39, 0.29) is 25.3 Å². The molecule has 3 heterocycles. The van der Waals surface area contributed by atoms with Gasteiger partial charge in [-0.25, -0.2) is 4.98 Å². The second kappa shape index (κ2) is 8.67. The molecular weight excluding hydrogens is 448 g/mol. The number of imidazole rings is 1. The molecule has 0 aliphatic carbocycles. The number of aromatic amines is 1. The number of nitrogens with one attached hydrogen (secondary N) is 2. The zero-order chi connectivity index (χ0) is 22.8. The number of carbonyl (C=O) groups excluding carboxylic acids is 2. The van der Waals surface area contributed by atoms with Crippen LogP contribution in [0.4, 0.5) is 5.82 Å². The Morgan fingerprint density at radius 3 is 2.76 bits per heavy atom. The van der Waals surface area contributed by atoms with E-state index in [1.54, 1.807) is 24.3 Å². The predicted octanol–water partition coefficient (Wildman–Crippen LogP) is 3.30. The monoisotopic (exact) mass is 462 g/mol. The Morgan fingerprint density at radius 1 is 1.15 bits per heavy atom. The third kappa shape index (κ3) is 4.11. The van der Waals surface area contributed by atoms with Crippen molar-refractivity contribution in [3.63, 3.8) is 0 Å². The van der Waals surface area contributed by atoms with Gasteiger partial charge in [0.15, 0.2) is 18.7 Å². The number of aldehydes is 1. The van der Waals surface area contributed by atoms with Crippen LogP contribution in [0.3, 0.4) is 0 Å². The highest BCUT2D eigenvalue weighted by atomic mass is 35.5. The van der Waals surface area contributed by atoms with E-state index in [1.165, 1.54) is 0 Å². The van der Waals surface area contributed by atoms with Crippen LogP contribution in [0.25, 0.3) is 22.8 Å². The maximum atomic E-state index is 11.8. The first-order valence-corrected chi connectivity index (χ1v) is 10.2. The Hall–Kier alpha value is -4.31. The van der Waals surface area contributed by atoms with E-state index in [0.29, 0.717) is 45.4 Å². The van der Waals surface area contributed by atoms with Crippen LogP contribution in [0.5, 0.6) is 5.75 Å². The highest BCUT2D eigenvalue weighted by Crippen LogP contribution is 2.27. The summed E-state index contributed by atoms with van der Waals surface area (Å²) in [4.78, 5) is 38.5. The first-order valence-electron chi connectivity index (χ1n) is 9.81. The van der Waals surface area contributed by atoms with Crippen molar-refractivity contribution in [1.29, 1.82) is 0 Å². The zero-order valence-electron chi connectivity index (χ0n) is 16.9. The van der Waals surface area contributed by atoms with Crippen LogP contribution in [-0.4, -0.2) is 44.6 Å². The molecule has 4 aromatic rings. The largest absolute Gasteiger partial charge is 0.485 e. The molecule has 33 heavy (non-hydrogen) atoms. The van der Waals surface area contributed by atoms with Gasteiger partial charge in [-0.3, -0.25) is 14.6 Å². The number of ether oxygens (including phenoxy) is 1. The van der Waals surface area contributed by atoms with Crippen molar-refractivity contribution in [1.82, 2.24) is 20.1 Å². The number of fused-ring (bicyclic) bond motifs is 1. The molecule has 0 bridgehead atoms. The molecule has 1 aliphatic rings. The fourth-order valence-corrected chi connectivity index (χ4v) is 3.47. The van der Waals surface area contributed by atoms with Crippen LogP contribution in [0, 0.1) is 0 Å². The van der Waals surface area contributed by atoms with Crippen LogP contribution in [-0.2, 0) is 16.2 Å². The Labute approximate surface area is 191 Å². The van der Waals surface area contributed by atoms with E-state index < -0.39 is 5.78 Å². The average Bonchev–Trinajstić information content (AvgIpc) is 3.50. The maximum Gasteiger partial charge on any atom is 0.259 e. The highest BCUT2D eigenvalue weighted by molar-refractivity contribution is 6.63. The van der Waals surface area contributed by atoms with Gasteiger partial charge in [0, 0.05) is 5.56 Å². The van der Waals surface area contributed by atoms with Gasteiger partial charge in [0.2, 0.25) is 11.6 Å². The number of rotatable bonds is 7. The molecular formula is C22H15ClN6O4. The zero-order valence-corrected chi connectivity index (χ0v) is 17.7. The Balaban J connectivity index is 1.27. The van der Waals surface area contributed by atoms with Crippen LogP contribution in [0.15, 0.2) is 58.0 Å². The summed E-state index contributed by atoms with van der Waals surface area (Å²) in [5, 5.41) is 7.42. The molecule has 0 spiro atoms. The summed E-state index contributed by atoms with van der Waals surface area (Å²) in [6, 6.07) is 14.4. The van der Waals surface area contributed by atoms with Gasteiger partial charge in [-0.1, -0.05) is 28.9 Å². The molecule has 0 fully saturated rings. The molecule has 0 saturated heterocycles. The molecule has 0 radical (unpaired) electrons. The first kappa shape index (κ1) is 20.6. The van der Waals surface area contributed by atoms with Crippen molar-refractivity contribution < 1.29 is 18.8 Å². The van der Waals surface area contributed by atoms with Crippen LogP contribution in [0.2, 0.25) is 5.02 Å². The first-order chi connectivity index (χ1) is 16.1. The SMILES string of the molecule is O=CC(=O)C1=NCNc2nc(-c3ccc(OCc4noc(-c5ccccc5Cl)n4)cc3)[nH]c21. The molecule has 2 aromatic heterocycles. The van der Waals surface area contributed by atoms with Gasteiger partial charge < -0.3 is 19.6 Å². The summed E-state index contributed by atoms with van der Waals surface area (Å²) in [5.74, 6) is 1.59. The number of benzene rings is 2. The third-order valence-electron chi connectivity index (χ3n) is 4.83. The summed E-state index contributed by atoms with van der Waals surface area (Å²) in [7, 11) is 0. The van der Waals surface area contributed by atoms with Gasteiger partial charge >= 0.3 is 0 Å². The summed E-state index contributed by atoms with van der Waals surface area (Å²) >= 11 is 6.16. The molecule has 0 saturated carbocycles. The second-order valence-corrected chi connectivity index (χ2v) is 7.35. The quantitative estimate of drug-likeness (QED) is 0.315. The molecule has 2 aromatic carbocycles. The molecule has 10 nitrogen and oxygen atoms in total. The molecule has 0 unspecified atom stereocenters. The minimum atomic E-state index is -0.698. The number of anilines is 1. The number of aromatic nitrogens is 4. The number of H-pyrrole nitrogens is 1. The number of hydrogen-bond donors (Lipinski definition) is 2. The van der Waals surface area contributed by atoms with Crippen molar-refractivity contribution in [2.24, 2.45) is 4.99 Å². The van der Waals surface area contributed by atoms with Gasteiger partial charge in [0.05, 0.1) is 10.6 Å². The number of Topliss-reactive ketones (excluding diaryl/α,β-unsaturated/α-hetero) is 1. The van der Waals surface area contributed by atoms with Gasteiger partial charge in [0.1, 0.15) is 29.6 Å². The van der Waals surface area contributed by atoms with Gasteiger partial charge in [-0.05, 0) is 36.4 Å². The Bertz CT molecular complexity index is 1380. The summed E-state index contributed by atoms with van der Waals surface area (Å²) in [5.41, 5.74) is 1.87. The van der Waals surface area contributed by atoms with Crippen molar-refractivity contribution in [3.8, 4) is 28.6 Å². The molecule has 5 rings (SSSR count). The van der Waals surface area contributed by atoms with Crippen LogP contribution in [0.1, 0.15) is 11.5 Å². The second-order valence-electron chi connectivity index (χ2n) is 6.94. The summed E-state index contributed by atoms with van der Waals surface area (Å²) < 4.78 is 11.0. The Morgan fingerprint density at radius 2 is 1.97 bits per heavy atom. The van der Waals surface area contributed by atoms with Crippen molar-refractivity contribution in [3.05, 3.63) is 65.1 Å². The van der Waals surface area contributed by atoms with Crippen LogP contribution >= 0.6 is 11.6 Å². The molecule has 11 heteroatoms. The Kier molecular flexibility index (Phi) is 5.41. The fraction of sp³-hybridized carbons (Fsp3) is 0.0909. The number of aliphatic imine (C=N–C) groups is 1.